The summed E-state index contributed by atoms with van der Waals surface area (Å²) in [5.41, 5.74) is 3.26. The maximum absolute atomic E-state index is 11.8. The Morgan fingerprint density at radius 1 is 1.47 bits per heavy atom. The standard InChI is InChI=1S/C13H15N3OS2/c1-6(2)9-5-18-12(14-9)8-4-10(17)15-13-11(8)7(3)16-19-13/h5-6,8H,4H2,1-3H3,(H,15,17)/t8-/m1/s1. The van der Waals surface area contributed by atoms with Crippen molar-refractivity contribution in [2.24, 2.45) is 0 Å². The molecule has 0 aromatic carbocycles. The van der Waals surface area contributed by atoms with E-state index in [2.05, 4.69) is 28.9 Å². The fourth-order valence-corrected chi connectivity index (χ4v) is 4.24. The number of aromatic nitrogens is 2. The maximum atomic E-state index is 11.8. The Bertz CT molecular complexity index is 630. The van der Waals surface area contributed by atoms with E-state index >= 15 is 0 Å². The number of rotatable bonds is 2. The monoisotopic (exact) mass is 293 g/mol. The molecule has 6 heteroatoms. The van der Waals surface area contributed by atoms with Gasteiger partial charge in [-0.2, -0.15) is 4.37 Å². The minimum absolute atomic E-state index is 0.0578. The van der Waals surface area contributed by atoms with Gasteiger partial charge in [-0.05, 0) is 24.4 Å². The van der Waals surface area contributed by atoms with E-state index in [-0.39, 0.29) is 11.8 Å². The smallest absolute Gasteiger partial charge is 0.226 e. The van der Waals surface area contributed by atoms with Crippen molar-refractivity contribution in [3.8, 4) is 0 Å². The van der Waals surface area contributed by atoms with Crippen LogP contribution in [0.3, 0.4) is 0 Å². The Kier molecular flexibility index (Phi) is 3.14. The Morgan fingerprint density at radius 3 is 2.95 bits per heavy atom. The van der Waals surface area contributed by atoms with Gasteiger partial charge in [-0.25, -0.2) is 4.98 Å². The summed E-state index contributed by atoms with van der Waals surface area (Å²) in [4.78, 5) is 16.5. The van der Waals surface area contributed by atoms with Crippen LogP contribution in [0.1, 0.15) is 54.1 Å². The number of aryl methyl sites for hydroxylation is 1. The van der Waals surface area contributed by atoms with E-state index < -0.39 is 0 Å². The van der Waals surface area contributed by atoms with Gasteiger partial charge in [0.05, 0.1) is 11.4 Å². The molecule has 1 aliphatic heterocycles. The molecule has 0 saturated carbocycles. The largest absolute Gasteiger partial charge is 0.316 e. The number of thiazole rings is 1. The highest BCUT2D eigenvalue weighted by Crippen LogP contribution is 2.42. The highest BCUT2D eigenvalue weighted by Gasteiger charge is 2.32. The van der Waals surface area contributed by atoms with Crippen LogP contribution in [0.15, 0.2) is 5.38 Å². The van der Waals surface area contributed by atoms with E-state index in [0.29, 0.717) is 12.3 Å². The lowest BCUT2D eigenvalue weighted by atomic mass is 9.93. The van der Waals surface area contributed by atoms with Crippen molar-refractivity contribution in [1.82, 2.24) is 9.36 Å². The molecule has 19 heavy (non-hydrogen) atoms. The number of nitrogens with zero attached hydrogens (tertiary/aromatic N) is 2. The SMILES string of the molecule is Cc1nsc2c1[C@H](c1nc(C(C)C)cs1)CC(=O)N2. The van der Waals surface area contributed by atoms with Crippen LogP contribution in [0.4, 0.5) is 5.00 Å². The minimum Gasteiger partial charge on any atom is -0.316 e. The van der Waals surface area contributed by atoms with E-state index in [1.54, 1.807) is 11.3 Å². The molecule has 0 spiro atoms. The molecule has 0 unspecified atom stereocenters. The van der Waals surface area contributed by atoms with Crippen LogP contribution in [0.2, 0.25) is 0 Å². The first-order valence-corrected chi connectivity index (χ1v) is 7.93. The third-order valence-electron chi connectivity index (χ3n) is 3.33. The fraction of sp³-hybridized carbons (Fsp3) is 0.462. The summed E-state index contributed by atoms with van der Waals surface area (Å²) in [6.07, 6.45) is 0.470. The van der Waals surface area contributed by atoms with Crippen molar-refractivity contribution in [1.29, 1.82) is 0 Å². The number of fused-ring (bicyclic) bond motifs is 1. The summed E-state index contributed by atoms with van der Waals surface area (Å²) in [6, 6.07) is 0. The second-order valence-corrected chi connectivity index (χ2v) is 6.74. The summed E-state index contributed by atoms with van der Waals surface area (Å²) in [6.45, 7) is 6.27. The van der Waals surface area contributed by atoms with Crippen LogP contribution >= 0.6 is 22.9 Å². The second kappa shape index (κ2) is 4.68. The second-order valence-electron chi connectivity index (χ2n) is 5.08. The summed E-state index contributed by atoms with van der Waals surface area (Å²) >= 11 is 3.01. The van der Waals surface area contributed by atoms with Crippen LogP contribution in [0.25, 0.3) is 0 Å². The van der Waals surface area contributed by atoms with E-state index in [4.69, 9.17) is 4.98 Å². The number of anilines is 1. The van der Waals surface area contributed by atoms with Gasteiger partial charge in [0.15, 0.2) is 0 Å². The predicted octanol–water partition coefficient (Wildman–Crippen LogP) is 3.51. The molecular weight excluding hydrogens is 278 g/mol. The molecule has 2 aromatic rings. The zero-order valence-corrected chi connectivity index (χ0v) is 12.7. The van der Waals surface area contributed by atoms with E-state index in [1.165, 1.54) is 11.5 Å². The zero-order valence-electron chi connectivity index (χ0n) is 11.1. The molecule has 0 radical (unpaired) electrons. The van der Waals surface area contributed by atoms with Gasteiger partial charge < -0.3 is 5.32 Å². The first-order chi connectivity index (χ1) is 9.06. The number of nitrogens with one attached hydrogen (secondary N) is 1. The molecule has 100 valence electrons. The van der Waals surface area contributed by atoms with E-state index in [1.807, 2.05) is 6.92 Å². The number of hydrogen-bond acceptors (Lipinski definition) is 5. The average Bonchev–Trinajstić information content (AvgIpc) is 2.96. The molecule has 4 nitrogen and oxygen atoms in total. The summed E-state index contributed by atoms with van der Waals surface area (Å²) in [7, 11) is 0. The molecule has 0 aliphatic carbocycles. The lowest BCUT2D eigenvalue weighted by Crippen LogP contribution is -2.22. The van der Waals surface area contributed by atoms with Gasteiger partial charge in [0.1, 0.15) is 10.0 Å². The van der Waals surface area contributed by atoms with Gasteiger partial charge in [0.25, 0.3) is 0 Å². The first kappa shape index (κ1) is 12.7. The molecule has 3 heterocycles. The molecule has 2 aromatic heterocycles. The zero-order chi connectivity index (χ0) is 13.6. The quantitative estimate of drug-likeness (QED) is 0.922. The Hall–Kier alpha value is -1.27. The third kappa shape index (κ3) is 2.19. The third-order valence-corrected chi connectivity index (χ3v) is 5.17. The molecule has 0 bridgehead atoms. The summed E-state index contributed by atoms with van der Waals surface area (Å²) in [5, 5.41) is 6.92. The van der Waals surface area contributed by atoms with E-state index in [0.717, 1.165) is 27.0 Å². The van der Waals surface area contributed by atoms with Gasteiger partial charge in [-0.1, -0.05) is 13.8 Å². The van der Waals surface area contributed by atoms with E-state index in [9.17, 15) is 4.79 Å². The van der Waals surface area contributed by atoms with Gasteiger partial charge in [-0.15, -0.1) is 11.3 Å². The molecular formula is C13H15N3OS2. The Morgan fingerprint density at radius 2 is 2.26 bits per heavy atom. The van der Waals surface area contributed by atoms with Crippen molar-refractivity contribution in [2.45, 2.75) is 39.0 Å². The van der Waals surface area contributed by atoms with Gasteiger partial charge in [0, 0.05) is 23.3 Å². The number of carbonyl (C=O) groups excluding carboxylic acids is 1. The average molecular weight is 293 g/mol. The summed E-state index contributed by atoms with van der Waals surface area (Å²) < 4.78 is 4.35. The molecule has 0 fully saturated rings. The molecule has 1 aliphatic rings. The molecule has 3 rings (SSSR count). The number of amides is 1. The number of carbonyl (C=O) groups is 1. The Balaban J connectivity index is 2.04. The normalized spacial score (nSPS) is 18.5. The van der Waals surface area contributed by atoms with Gasteiger partial charge in [-0.3, -0.25) is 4.79 Å². The van der Waals surface area contributed by atoms with Crippen molar-refractivity contribution < 1.29 is 4.79 Å². The highest BCUT2D eigenvalue weighted by molar-refractivity contribution is 7.11. The summed E-state index contributed by atoms with van der Waals surface area (Å²) in [5.74, 6) is 0.547. The van der Waals surface area contributed by atoms with Crippen LogP contribution in [-0.2, 0) is 4.79 Å². The lowest BCUT2D eigenvalue weighted by Gasteiger charge is -2.20. The molecule has 1 atom stereocenters. The van der Waals surface area contributed by atoms with Crippen molar-refractivity contribution >= 4 is 33.8 Å². The van der Waals surface area contributed by atoms with Crippen LogP contribution < -0.4 is 5.32 Å². The Labute approximate surface area is 120 Å². The van der Waals surface area contributed by atoms with Crippen molar-refractivity contribution in [3.05, 3.63) is 27.3 Å². The maximum Gasteiger partial charge on any atom is 0.226 e. The first-order valence-electron chi connectivity index (χ1n) is 6.27. The van der Waals surface area contributed by atoms with Gasteiger partial charge in [0.2, 0.25) is 5.91 Å². The predicted molar refractivity (Wildman–Crippen MR) is 78.1 cm³/mol. The molecule has 0 saturated heterocycles. The molecule has 1 amide bonds. The van der Waals surface area contributed by atoms with Gasteiger partial charge >= 0.3 is 0 Å². The van der Waals surface area contributed by atoms with Crippen molar-refractivity contribution in [2.75, 3.05) is 5.32 Å². The van der Waals surface area contributed by atoms with Crippen LogP contribution in [0.5, 0.6) is 0 Å². The minimum atomic E-state index is 0.0578. The fourth-order valence-electron chi connectivity index (χ4n) is 2.28. The van der Waals surface area contributed by atoms with Crippen LogP contribution in [0, 0.1) is 6.92 Å². The van der Waals surface area contributed by atoms with Crippen molar-refractivity contribution in [3.63, 3.8) is 0 Å². The highest BCUT2D eigenvalue weighted by atomic mass is 32.1. The topological polar surface area (TPSA) is 54.9 Å². The lowest BCUT2D eigenvalue weighted by molar-refractivity contribution is -0.116. The molecule has 1 N–H and O–H groups in total. The van der Waals surface area contributed by atoms with Crippen LogP contribution in [-0.4, -0.2) is 15.3 Å². The number of hydrogen-bond donors (Lipinski definition) is 1.